The summed E-state index contributed by atoms with van der Waals surface area (Å²) in [6, 6.07) is 12.0. The van der Waals surface area contributed by atoms with E-state index in [1.165, 1.54) is 16.7 Å². The summed E-state index contributed by atoms with van der Waals surface area (Å²) in [5.41, 5.74) is 5.68. The highest BCUT2D eigenvalue weighted by molar-refractivity contribution is 5.68. The van der Waals surface area contributed by atoms with Gasteiger partial charge in [-0.3, -0.25) is 0 Å². The minimum Gasteiger partial charge on any atom is -0.497 e. The number of ether oxygens (including phenoxy) is 3. The Labute approximate surface area is 184 Å². The molecular weight excluding hydrogens is 392 g/mol. The molecule has 5 nitrogen and oxygen atoms in total. The van der Waals surface area contributed by atoms with Crippen LogP contribution >= 0.6 is 0 Å². The van der Waals surface area contributed by atoms with Gasteiger partial charge in [0.1, 0.15) is 11.5 Å². The van der Waals surface area contributed by atoms with Crippen molar-refractivity contribution in [3.8, 4) is 11.5 Å². The fraction of sp³-hybridized carbons (Fsp3) is 0.423. The third-order valence-corrected chi connectivity index (χ3v) is 6.14. The van der Waals surface area contributed by atoms with Crippen molar-refractivity contribution in [1.82, 2.24) is 0 Å². The Morgan fingerprint density at radius 1 is 1.19 bits per heavy atom. The van der Waals surface area contributed by atoms with Crippen molar-refractivity contribution in [2.45, 2.75) is 52.2 Å². The number of aliphatic carboxylic acids is 1. The zero-order chi connectivity index (χ0) is 22.7. The first-order valence-electron chi connectivity index (χ1n) is 10.6. The van der Waals surface area contributed by atoms with Crippen molar-refractivity contribution in [2.75, 3.05) is 13.7 Å². The molecule has 5 heteroatoms. The maximum absolute atomic E-state index is 11.1. The van der Waals surface area contributed by atoms with Crippen LogP contribution in [0.3, 0.4) is 0 Å². The number of methoxy groups -OCH3 is 1. The smallest absolute Gasteiger partial charge is 0.341 e. The Kier molecular flexibility index (Phi) is 7.06. The first-order valence-corrected chi connectivity index (χ1v) is 10.6. The van der Waals surface area contributed by atoms with Crippen molar-refractivity contribution in [3.05, 3.63) is 70.8 Å². The number of carbonyl (C=O) groups is 1. The molecule has 0 bridgehead atoms. The molecule has 2 aromatic carbocycles. The molecule has 1 aliphatic rings. The van der Waals surface area contributed by atoms with Crippen LogP contribution in [0.5, 0.6) is 11.5 Å². The number of carboxylic acids is 1. The lowest BCUT2D eigenvalue weighted by atomic mass is 9.75. The second kappa shape index (κ2) is 9.56. The lowest BCUT2D eigenvalue weighted by Gasteiger charge is -2.42. The summed E-state index contributed by atoms with van der Waals surface area (Å²) in [5, 5.41) is 9.09. The van der Waals surface area contributed by atoms with Crippen LogP contribution < -0.4 is 9.47 Å². The van der Waals surface area contributed by atoms with E-state index in [1.807, 2.05) is 19.1 Å². The van der Waals surface area contributed by atoms with Crippen LogP contribution in [0.1, 0.15) is 54.5 Å². The highest BCUT2D eigenvalue weighted by Crippen LogP contribution is 2.48. The van der Waals surface area contributed by atoms with Crippen LogP contribution in [-0.4, -0.2) is 30.9 Å². The third-order valence-electron chi connectivity index (χ3n) is 6.14. The van der Waals surface area contributed by atoms with Crippen LogP contribution in [0, 0.1) is 19.8 Å². The Bertz CT molecular complexity index is 964. The molecular formula is C26H32O5. The lowest BCUT2D eigenvalue weighted by molar-refractivity contribution is -0.139. The highest BCUT2D eigenvalue weighted by atomic mass is 16.5. The molecule has 0 aromatic heterocycles. The molecule has 0 radical (unpaired) electrons. The first kappa shape index (κ1) is 22.9. The van der Waals surface area contributed by atoms with E-state index in [-0.39, 0.29) is 24.0 Å². The third kappa shape index (κ3) is 5.10. The number of carboxylic acid groups (broad SMARTS) is 1. The molecule has 3 rings (SSSR count). The van der Waals surface area contributed by atoms with E-state index in [0.29, 0.717) is 11.5 Å². The largest absolute Gasteiger partial charge is 0.497 e. The predicted octanol–water partition coefficient (Wildman–Crippen LogP) is 5.60. The predicted molar refractivity (Wildman–Crippen MR) is 121 cm³/mol. The average molecular weight is 425 g/mol. The molecule has 2 aromatic rings. The summed E-state index contributed by atoms with van der Waals surface area (Å²) in [4.78, 5) is 11.1. The van der Waals surface area contributed by atoms with Crippen molar-refractivity contribution < 1.29 is 24.1 Å². The molecule has 0 aliphatic carbocycles. The number of benzene rings is 2. The first-order chi connectivity index (χ1) is 14.7. The van der Waals surface area contributed by atoms with Crippen LogP contribution in [-0.2, 0) is 9.53 Å². The summed E-state index contributed by atoms with van der Waals surface area (Å²) in [6.45, 7) is 12.2. The van der Waals surface area contributed by atoms with Crippen LogP contribution in [0.2, 0.25) is 0 Å². The Hall–Kier alpha value is -2.79. The Morgan fingerprint density at radius 2 is 1.90 bits per heavy atom. The van der Waals surface area contributed by atoms with Gasteiger partial charge in [-0.2, -0.15) is 0 Å². The molecule has 1 N–H and O–H groups in total. The van der Waals surface area contributed by atoms with E-state index in [4.69, 9.17) is 19.3 Å². The summed E-state index contributed by atoms with van der Waals surface area (Å²) in [6.07, 6.45) is 0.607. The summed E-state index contributed by atoms with van der Waals surface area (Å²) >= 11 is 0. The van der Waals surface area contributed by atoms with Crippen molar-refractivity contribution in [2.24, 2.45) is 5.92 Å². The van der Waals surface area contributed by atoms with Gasteiger partial charge in [-0.25, -0.2) is 4.79 Å². The van der Waals surface area contributed by atoms with Crippen molar-refractivity contribution >= 4 is 5.97 Å². The second-order valence-corrected chi connectivity index (χ2v) is 8.50. The normalized spacial score (nSPS) is 23.3. The van der Waals surface area contributed by atoms with E-state index in [2.05, 4.69) is 45.5 Å². The second-order valence-electron chi connectivity index (χ2n) is 8.50. The number of hydrogen-bond acceptors (Lipinski definition) is 4. The van der Waals surface area contributed by atoms with E-state index in [9.17, 15) is 4.79 Å². The molecule has 0 unspecified atom stereocenters. The van der Waals surface area contributed by atoms with Crippen molar-refractivity contribution in [1.29, 1.82) is 0 Å². The van der Waals surface area contributed by atoms with Gasteiger partial charge in [-0.1, -0.05) is 35.9 Å². The van der Waals surface area contributed by atoms with Gasteiger partial charge in [0, 0.05) is 23.5 Å². The van der Waals surface area contributed by atoms with Gasteiger partial charge < -0.3 is 19.3 Å². The zero-order valence-corrected chi connectivity index (χ0v) is 19.0. The maximum Gasteiger partial charge on any atom is 0.341 e. The SMILES string of the molecule is C=C(C)[C@H]1C[C@H](c2ccc(C)cc2C)[C@H](C)O[C@@H]1c1ccc(OC)cc1OCC(=O)O. The summed E-state index contributed by atoms with van der Waals surface area (Å²) < 4.78 is 17.5. The van der Waals surface area contributed by atoms with Gasteiger partial charge in [0.2, 0.25) is 0 Å². The highest BCUT2D eigenvalue weighted by Gasteiger charge is 2.39. The molecule has 0 saturated carbocycles. The fourth-order valence-electron chi connectivity index (χ4n) is 4.52. The van der Waals surface area contributed by atoms with Gasteiger partial charge in [0.15, 0.2) is 6.61 Å². The average Bonchev–Trinajstić information content (AvgIpc) is 2.72. The molecule has 166 valence electrons. The van der Waals surface area contributed by atoms with E-state index >= 15 is 0 Å². The van der Waals surface area contributed by atoms with Gasteiger partial charge in [-0.15, -0.1) is 0 Å². The summed E-state index contributed by atoms with van der Waals surface area (Å²) in [7, 11) is 1.57. The molecule has 1 heterocycles. The van der Waals surface area contributed by atoms with Gasteiger partial charge >= 0.3 is 5.97 Å². The van der Waals surface area contributed by atoms with Gasteiger partial charge in [-0.05, 0) is 57.4 Å². The zero-order valence-electron chi connectivity index (χ0n) is 19.0. The number of aryl methyl sites for hydroxylation is 2. The minimum atomic E-state index is -1.03. The maximum atomic E-state index is 11.1. The minimum absolute atomic E-state index is 0.0172. The van der Waals surface area contributed by atoms with Crippen molar-refractivity contribution in [3.63, 3.8) is 0 Å². The standard InChI is InChI=1S/C26H32O5/c1-15(2)22-13-23(20-9-7-16(3)11-17(20)4)18(5)31-26(22)21-10-8-19(29-6)12-24(21)30-14-25(27)28/h7-12,18,22-23,26H,1,13-14H2,2-6H3,(H,27,28)/t18-,22+,23-,26+/m0/s1. The van der Waals surface area contributed by atoms with Crippen LogP contribution in [0.15, 0.2) is 48.6 Å². The van der Waals surface area contributed by atoms with E-state index in [0.717, 1.165) is 17.6 Å². The monoisotopic (exact) mass is 424 g/mol. The molecule has 0 spiro atoms. The number of hydrogen-bond donors (Lipinski definition) is 1. The van der Waals surface area contributed by atoms with E-state index in [1.54, 1.807) is 13.2 Å². The van der Waals surface area contributed by atoms with Crippen LogP contribution in [0.4, 0.5) is 0 Å². The van der Waals surface area contributed by atoms with Gasteiger partial charge in [0.05, 0.1) is 19.3 Å². The van der Waals surface area contributed by atoms with E-state index < -0.39 is 12.6 Å². The Morgan fingerprint density at radius 3 is 2.52 bits per heavy atom. The molecule has 0 amide bonds. The number of rotatable bonds is 7. The van der Waals surface area contributed by atoms with Gasteiger partial charge in [0.25, 0.3) is 0 Å². The molecule has 4 atom stereocenters. The Balaban J connectivity index is 1.97. The quantitative estimate of drug-likeness (QED) is 0.586. The molecule has 1 saturated heterocycles. The molecule has 1 aliphatic heterocycles. The van der Waals surface area contributed by atoms with Crippen LogP contribution in [0.25, 0.3) is 0 Å². The fourth-order valence-corrected chi connectivity index (χ4v) is 4.52. The molecule has 31 heavy (non-hydrogen) atoms. The topological polar surface area (TPSA) is 65.0 Å². The molecule has 1 fully saturated rings. The lowest BCUT2D eigenvalue weighted by Crippen LogP contribution is -2.35. The summed E-state index contributed by atoms with van der Waals surface area (Å²) in [5.74, 6) is 0.365.